The zero-order valence-corrected chi connectivity index (χ0v) is 18.3. The second kappa shape index (κ2) is 8.62. The van der Waals surface area contributed by atoms with Gasteiger partial charge in [-0.05, 0) is 36.1 Å². The van der Waals surface area contributed by atoms with E-state index in [1.54, 1.807) is 35.2 Å². The molecule has 8 heteroatoms. The van der Waals surface area contributed by atoms with Crippen LogP contribution in [0.3, 0.4) is 0 Å². The molecule has 0 radical (unpaired) electrons. The third kappa shape index (κ3) is 3.98. The number of para-hydroxylation sites is 2. The van der Waals surface area contributed by atoms with Gasteiger partial charge in [0.2, 0.25) is 5.91 Å². The lowest BCUT2D eigenvalue weighted by Gasteiger charge is -2.36. The SMILES string of the molecule is O=C(NCc1ccccc1)C1CN(C(=O)C2(c3ccc([N+](=O)[O-])cc3)CC2)c2ccccc2O1. The number of nitro benzene ring substituents is 1. The number of fused-ring (bicyclic) bond motifs is 1. The number of non-ortho nitro benzene ring substituents is 1. The minimum atomic E-state index is -0.852. The Morgan fingerprint density at radius 3 is 2.35 bits per heavy atom. The Morgan fingerprint density at radius 1 is 1.00 bits per heavy atom. The Hall–Kier alpha value is -4.20. The van der Waals surface area contributed by atoms with E-state index in [4.69, 9.17) is 4.74 Å². The van der Waals surface area contributed by atoms with Crippen LogP contribution in [0.25, 0.3) is 0 Å². The highest BCUT2D eigenvalue weighted by Gasteiger charge is 2.54. The number of rotatable bonds is 6. The number of carbonyl (C=O) groups excluding carboxylic acids is 2. The predicted molar refractivity (Wildman–Crippen MR) is 126 cm³/mol. The van der Waals surface area contributed by atoms with Gasteiger partial charge in [0, 0.05) is 18.7 Å². The summed E-state index contributed by atoms with van der Waals surface area (Å²) in [6.45, 7) is 0.451. The summed E-state index contributed by atoms with van der Waals surface area (Å²) in [5.41, 5.74) is 1.57. The van der Waals surface area contributed by atoms with Crippen LogP contribution in [0.1, 0.15) is 24.0 Å². The molecule has 34 heavy (non-hydrogen) atoms. The van der Waals surface area contributed by atoms with Crippen molar-refractivity contribution < 1.29 is 19.2 Å². The molecule has 1 N–H and O–H groups in total. The molecule has 0 spiro atoms. The number of ether oxygens (including phenoxy) is 1. The second-order valence-electron chi connectivity index (χ2n) is 8.58. The Labute approximate surface area is 196 Å². The summed E-state index contributed by atoms with van der Waals surface area (Å²) >= 11 is 0. The molecule has 2 amide bonds. The third-order valence-electron chi connectivity index (χ3n) is 6.41. The molecule has 0 aromatic heterocycles. The van der Waals surface area contributed by atoms with E-state index in [1.807, 2.05) is 36.4 Å². The minimum Gasteiger partial charge on any atom is -0.477 e. The summed E-state index contributed by atoms with van der Waals surface area (Å²) < 4.78 is 5.96. The quantitative estimate of drug-likeness (QED) is 0.449. The van der Waals surface area contributed by atoms with E-state index >= 15 is 0 Å². The topological polar surface area (TPSA) is 102 Å². The van der Waals surface area contributed by atoms with Crippen LogP contribution in [0.4, 0.5) is 11.4 Å². The van der Waals surface area contributed by atoms with Crippen molar-refractivity contribution in [2.24, 2.45) is 0 Å². The van der Waals surface area contributed by atoms with Crippen molar-refractivity contribution in [1.82, 2.24) is 5.32 Å². The van der Waals surface area contributed by atoms with Crippen LogP contribution in [0.15, 0.2) is 78.9 Å². The van der Waals surface area contributed by atoms with E-state index in [-0.39, 0.29) is 24.0 Å². The van der Waals surface area contributed by atoms with Gasteiger partial charge >= 0.3 is 0 Å². The van der Waals surface area contributed by atoms with Crippen molar-refractivity contribution in [3.63, 3.8) is 0 Å². The zero-order chi connectivity index (χ0) is 23.7. The lowest BCUT2D eigenvalue weighted by Crippen LogP contribution is -2.52. The van der Waals surface area contributed by atoms with Gasteiger partial charge in [-0.2, -0.15) is 0 Å². The molecule has 3 aromatic rings. The smallest absolute Gasteiger partial charge is 0.269 e. The normalized spacial score (nSPS) is 17.8. The number of carbonyl (C=O) groups is 2. The molecule has 1 heterocycles. The number of anilines is 1. The van der Waals surface area contributed by atoms with Gasteiger partial charge in [0.05, 0.1) is 22.6 Å². The number of benzene rings is 3. The van der Waals surface area contributed by atoms with Crippen LogP contribution in [0.5, 0.6) is 5.75 Å². The molecule has 0 saturated heterocycles. The fourth-order valence-electron chi connectivity index (χ4n) is 4.37. The van der Waals surface area contributed by atoms with E-state index in [2.05, 4.69) is 5.32 Å². The van der Waals surface area contributed by atoms with Gasteiger partial charge in [-0.25, -0.2) is 0 Å². The van der Waals surface area contributed by atoms with Crippen molar-refractivity contribution in [1.29, 1.82) is 0 Å². The van der Waals surface area contributed by atoms with Gasteiger partial charge in [0.15, 0.2) is 6.10 Å². The molecule has 3 aromatic carbocycles. The summed E-state index contributed by atoms with van der Waals surface area (Å²) in [5.74, 6) is 0.0516. The Kier molecular flexibility index (Phi) is 5.49. The summed E-state index contributed by atoms with van der Waals surface area (Å²) in [6.07, 6.45) is 0.442. The van der Waals surface area contributed by atoms with Crippen LogP contribution in [0, 0.1) is 10.1 Å². The third-order valence-corrected chi connectivity index (χ3v) is 6.41. The molecule has 1 saturated carbocycles. The Bertz CT molecular complexity index is 1240. The number of nitrogens with one attached hydrogen (secondary N) is 1. The highest BCUT2D eigenvalue weighted by Crippen LogP contribution is 2.51. The Balaban J connectivity index is 1.38. The molecule has 5 rings (SSSR count). The monoisotopic (exact) mass is 457 g/mol. The standard InChI is InChI=1S/C26H23N3O5/c30-24(27-16-18-6-2-1-3-7-18)23-17-28(21-8-4-5-9-22(21)34-23)25(31)26(14-15-26)19-10-12-20(13-11-19)29(32)33/h1-13,23H,14-17H2,(H,27,30). The van der Waals surface area contributed by atoms with Crippen molar-refractivity contribution in [3.05, 3.63) is 100 Å². The number of hydrogen-bond acceptors (Lipinski definition) is 5. The predicted octanol–water partition coefficient (Wildman–Crippen LogP) is 3.74. The van der Waals surface area contributed by atoms with Crippen molar-refractivity contribution in [3.8, 4) is 5.75 Å². The minimum absolute atomic E-state index is 0.0149. The summed E-state index contributed by atoms with van der Waals surface area (Å²) in [4.78, 5) is 39.0. The largest absolute Gasteiger partial charge is 0.477 e. The van der Waals surface area contributed by atoms with Crippen molar-refractivity contribution in [2.75, 3.05) is 11.4 Å². The fourth-order valence-corrected chi connectivity index (χ4v) is 4.37. The van der Waals surface area contributed by atoms with Crippen LogP contribution in [-0.2, 0) is 21.5 Å². The summed E-state index contributed by atoms with van der Waals surface area (Å²) in [7, 11) is 0. The summed E-state index contributed by atoms with van der Waals surface area (Å²) in [5, 5.41) is 13.9. The van der Waals surface area contributed by atoms with Crippen LogP contribution in [0.2, 0.25) is 0 Å². The highest BCUT2D eigenvalue weighted by molar-refractivity contribution is 6.05. The highest BCUT2D eigenvalue weighted by atomic mass is 16.6. The molecule has 8 nitrogen and oxygen atoms in total. The molecular formula is C26H23N3O5. The number of hydrogen-bond donors (Lipinski definition) is 1. The molecule has 1 aliphatic heterocycles. The van der Waals surface area contributed by atoms with Crippen molar-refractivity contribution >= 4 is 23.2 Å². The van der Waals surface area contributed by atoms with E-state index in [1.165, 1.54) is 12.1 Å². The fraction of sp³-hybridized carbons (Fsp3) is 0.231. The van der Waals surface area contributed by atoms with E-state index < -0.39 is 16.4 Å². The molecule has 0 bridgehead atoms. The first-order valence-corrected chi connectivity index (χ1v) is 11.1. The first-order valence-electron chi connectivity index (χ1n) is 11.1. The van der Waals surface area contributed by atoms with Gasteiger partial charge in [0.25, 0.3) is 11.6 Å². The first-order chi connectivity index (χ1) is 16.5. The zero-order valence-electron chi connectivity index (χ0n) is 18.3. The van der Waals surface area contributed by atoms with Gasteiger partial charge < -0.3 is 15.0 Å². The van der Waals surface area contributed by atoms with Crippen LogP contribution < -0.4 is 15.0 Å². The average Bonchev–Trinajstić information content (AvgIpc) is 3.69. The maximum Gasteiger partial charge on any atom is 0.269 e. The lowest BCUT2D eigenvalue weighted by molar-refractivity contribution is -0.384. The van der Waals surface area contributed by atoms with Crippen molar-refractivity contribution in [2.45, 2.75) is 30.9 Å². The molecular weight excluding hydrogens is 434 g/mol. The summed E-state index contributed by atoms with van der Waals surface area (Å²) in [6, 6.07) is 22.9. The molecule has 1 atom stereocenters. The van der Waals surface area contributed by atoms with Gasteiger partial charge in [-0.1, -0.05) is 54.6 Å². The maximum absolute atomic E-state index is 13.8. The molecule has 1 aliphatic carbocycles. The van der Waals surface area contributed by atoms with Gasteiger partial charge in [0.1, 0.15) is 5.75 Å². The molecule has 1 fully saturated rings. The molecule has 2 aliphatic rings. The molecule has 1 unspecified atom stereocenters. The number of nitrogens with zero attached hydrogens (tertiary/aromatic N) is 2. The van der Waals surface area contributed by atoms with Gasteiger partial charge in [-0.3, -0.25) is 19.7 Å². The van der Waals surface area contributed by atoms with E-state index in [0.29, 0.717) is 30.8 Å². The maximum atomic E-state index is 13.8. The lowest BCUT2D eigenvalue weighted by atomic mass is 9.93. The average molecular weight is 457 g/mol. The van der Waals surface area contributed by atoms with Crippen LogP contribution in [-0.4, -0.2) is 29.4 Å². The second-order valence-corrected chi connectivity index (χ2v) is 8.58. The number of amides is 2. The van der Waals surface area contributed by atoms with Gasteiger partial charge in [-0.15, -0.1) is 0 Å². The Morgan fingerprint density at radius 2 is 1.68 bits per heavy atom. The van der Waals surface area contributed by atoms with E-state index in [0.717, 1.165) is 11.1 Å². The first kappa shape index (κ1) is 21.6. The molecule has 172 valence electrons. The number of nitro groups is 1. The van der Waals surface area contributed by atoms with E-state index in [9.17, 15) is 19.7 Å². The van der Waals surface area contributed by atoms with Crippen LogP contribution >= 0.6 is 0 Å².